The fourth-order valence-corrected chi connectivity index (χ4v) is 2.91. The van der Waals surface area contributed by atoms with Crippen LogP contribution in [-0.4, -0.2) is 27.4 Å². The van der Waals surface area contributed by atoms with Crippen molar-refractivity contribution in [3.8, 4) is 0 Å². The number of anilines is 2. The number of carbonyl (C=O) groups excluding carboxylic acids is 1. The van der Waals surface area contributed by atoms with Crippen molar-refractivity contribution in [3.63, 3.8) is 0 Å². The first-order valence-corrected chi connectivity index (χ1v) is 7.65. The van der Waals surface area contributed by atoms with Gasteiger partial charge in [-0.25, -0.2) is 13.6 Å². The Morgan fingerprint density at radius 2 is 2.05 bits per heavy atom. The van der Waals surface area contributed by atoms with Gasteiger partial charge in [-0.2, -0.15) is 0 Å². The number of sulfonamides is 1. The third kappa shape index (κ3) is 2.56. The molecule has 1 saturated heterocycles. The normalized spacial score (nSPS) is 23.0. The second-order valence-electron chi connectivity index (χ2n) is 5.36. The molecule has 1 aliphatic rings. The average Bonchev–Trinajstić information content (AvgIpc) is 2.72. The quantitative estimate of drug-likeness (QED) is 0.654. The number of hydrogen-bond donors (Lipinski definition) is 3. The summed E-state index contributed by atoms with van der Waals surface area (Å²) in [6.45, 7) is 2.91. The molecule has 1 aromatic rings. The number of primary amides is 1. The highest BCUT2D eigenvalue weighted by atomic mass is 32.2. The molecule has 6 N–H and O–H groups in total. The second kappa shape index (κ2) is 4.64. The van der Waals surface area contributed by atoms with Crippen LogP contribution >= 0.6 is 0 Å². The molecule has 0 radical (unpaired) electrons. The molecule has 20 heavy (non-hydrogen) atoms. The van der Waals surface area contributed by atoms with Gasteiger partial charge in [-0.3, -0.25) is 4.79 Å². The van der Waals surface area contributed by atoms with Gasteiger partial charge in [0.1, 0.15) is 0 Å². The van der Waals surface area contributed by atoms with E-state index in [1.807, 2.05) is 11.8 Å². The largest absolute Gasteiger partial charge is 0.397 e. The van der Waals surface area contributed by atoms with E-state index in [1.54, 1.807) is 6.07 Å². The van der Waals surface area contributed by atoms with Gasteiger partial charge in [0.2, 0.25) is 15.9 Å². The van der Waals surface area contributed by atoms with E-state index in [1.165, 1.54) is 12.1 Å². The lowest BCUT2D eigenvalue weighted by molar-refractivity contribution is -0.125. The summed E-state index contributed by atoms with van der Waals surface area (Å²) in [4.78, 5) is 13.3. The van der Waals surface area contributed by atoms with Gasteiger partial charge in [-0.15, -0.1) is 0 Å². The molecule has 1 aliphatic heterocycles. The SMILES string of the molecule is CC1(C(N)=O)CCN(c2ccc(S(N)(=O)=O)cc2N)C1. The summed E-state index contributed by atoms with van der Waals surface area (Å²) >= 11 is 0. The van der Waals surface area contributed by atoms with Gasteiger partial charge in [0, 0.05) is 13.1 Å². The number of rotatable bonds is 3. The summed E-state index contributed by atoms with van der Waals surface area (Å²) in [7, 11) is -3.77. The van der Waals surface area contributed by atoms with Crippen molar-refractivity contribution in [2.45, 2.75) is 18.2 Å². The number of benzene rings is 1. The maximum absolute atomic E-state index is 11.4. The highest BCUT2D eigenvalue weighted by molar-refractivity contribution is 7.89. The van der Waals surface area contributed by atoms with Crippen molar-refractivity contribution in [2.24, 2.45) is 16.3 Å². The highest BCUT2D eigenvalue weighted by Gasteiger charge is 2.39. The molecule has 2 rings (SSSR count). The molecule has 1 heterocycles. The van der Waals surface area contributed by atoms with E-state index in [2.05, 4.69) is 0 Å². The first-order valence-electron chi connectivity index (χ1n) is 6.11. The molecule has 1 aromatic carbocycles. The van der Waals surface area contributed by atoms with Crippen LogP contribution in [0.2, 0.25) is 0 Å². The van der Waals surface area contributed by atoms with E-state index >= 15 is 0 Å². The predicted octanol–water partition coefficient (Wildman–Crippen LogP) is -0.382. The van der Waals surface area contributed by atoms with Gasteiger partial charge in [0.25, 0.3) is 0 Å². The number of amides is 1. The Labute approximate surface area is 117 Å². The Hall–Kier alpha value is -1.80. The third-order valence-corrected chi connectivity index (χ3v) is 4.65. The zero-order valence-electron chi connectivity index (χ0n) is 11.2. The molecular formula is C12H18N4O3S. The first kappa shape index (κ1) is 14.6. The van der Waals surface area contributed by atoms with Crippen molar-refractivity contribution >= 4 is 27.3 Å². The summed E-state index contributed by atoms with van der Waals surface area (Å²) in [5.74, 6) is -0.347. The number of nitrogens with two attached hydrogens (primary N) is 3. The summed E-state index contributed by atoms with van der Waals surface area (Å²) in [5, 5.41) is 5.05. The first-order chi connectivity index (χ1) is 9.13. The van der Waals surface area contributed by atoms with Crippen LogP contribution in [0.4, 0.5) is 11.4 Å². The molecule has 1 amide bonds. The van der Waals surface area contributed by atoms with E-state index in [4.69, 9.17) is 16.6 Å². The van der Waals surface area contributed by atoms with Crippen LogP contribution in [0, 0.1) is 5.41 Å². The van der Waals surface area contributed by atoms with E-state index in [-0.39, 0.29) is 10.8 Å². The molecule has 1 fully saturated rings. The molecule has 0 spiro atoms. The van der Waals surface area contributed by atoms with Crippen molar-refractivity contribution in [1.29, 1.82) is 0 Å². The van der Waals surface area contributed by atoms with Crippen LogP contribution in [0.15, 0.2) is 23.1 Å². The fraction of sp³-hybridized carbons (Fsp3) is 0.417. The Morgan fingerprint density at radius 3 is 2.50 bits per heavy atom. The van der Waals surface area contributed by atoms with E-state index < -0.39 is 15.4 Å². The van der Waals surface area contributed by atoms with Crippen molar-refractivity contribution in [2.75, 3.05) is 23.7 Å². The molecule has 1 unspecified atom stereocenters. The fourth-order valence-electron chi connectivity index (χ4n) is 2.37. The molecule has 0 saturated carbocycles. The van der Waals surface area contributed by atoms with Crippen LogP contribution in [0.5, 0.6) is 0 Å². The van der Waals surface area contributed by atoms with Crippen LogP contribution < -0.4 is 21.5 Å². The molecule has 0 aromatic heterocycles. The van der Waals surface area contributed by atoms with E-state index in [0.29, 0.717) is 30.9 Å². The van der Waals surface area contributed by atoms with Crippen molar-refractivity contribution in [3.05, 3.63) is 18.2 Å². The van der Waals surface area contributed by atoms with Gasteiger partial charge in [-0.1, -0.05) is 0 Å². The van der Waals surface area contributed by atoms with Crippen molar-refractivity contribution in [1.82, 2.24) is 0 Å². The highest BCUT2D eigenvalue weighted by Crippen LogP contribution is 2.36. The Morgan fingerprint density at radius 1 is 1.40 bits per heavy atom. The Bertz CT molecular complexity index is 659. The van der Waals surface area contributed by atoms with Crippen LogP contribution in [0.1, 0.15) is 13.3 Å². The van der Waals surface area contributed by atoms with E-state index in [0.717, 1.165) is 0 Å². The number of nitrogen functional groups attached to an aromatic ring is 1. The van der Waals surface area contributed by atoms with Crippen LogP contribution in [0.25, 0.3) is 0 Å². The van der Waals surface area contributed by atoms with Gasteiger partial charge < -0.3 is 16.4 Å². The maximum atomic E-state index is 11.4. The van der Waals surface area contributed by atoms with Gasteiger partial charge >= 0.3 is 0 Å². The molecule has 110 valence electrons. The Balaban J connectivity index is 2.30. The summed E-state index contributed by atoms with van der Waals surface area (Å²) in [6.07, 6.45) is 0.638. The molecule has 8 heteroatoms. The number of primary sulfonamides is 1. The topological polar surface area (TPSA) is 133 Å². The molecular weight excluding hydrogens is 280 g/mol. The smallest absolute Gasteiger partial charge is 0.238 e. The molecule has 7 nitrogen and oxygen atoms in total. The second-order valence-corrected chi connectivity index (χ2v) is 6.92. The minimum absolute atomic E-state index is 0.0318. The lowest BCUT2D eigenvalue weighted by Crippen LogP contribution is -2.37. The predicted molar refractivity (Wildman–Crippen MR) is 76.4 cm³/mol. The van der Waals surface area contributed by atoms with Crippen molar-refractivity contribution < 1.29 is 13.2 Å². The Kier molecular flexibility index (Phi) is 3.39. The maximum Gasteiger partial charge on any atom is 0.238 e. The number of hydrogen-bond acceptors (Lipinski definition) is 5. The molecule has 0 aliphatic carbocycles. The molecule has 1 atom stereocenters. The van der Waals surface area contributed by atoms with Crippen LogP contribution in [-0.2, 0) is 14.8 Å². The average molecular weight is 298 g/mol. The zero-order valence-corrected chi connectivity index (χ0v) is 12.0. The van der Waals surface area contributed by atoms with E-state index in [9.17, 15) is 13.2 Å². The summed E-state index contributed by atoms with van der Waals surface area (Å²) in [6, 6.07) is 4.33. The number of carbonyl (C=O) groups is 1. The lowest BCUT2D eigenvalue weighted by atomic mass is 9.89. The standard InChI is InChI=1S/C12H18N4O3S/c1-12(11(14)17)4-5-16(7-12)10-3-2-8(6-9(10)13)20(15,18)19/h2-3,6H,4-5,7,13H2,1H3,(H2,14,17)(H2,15,18,19). The van der Waals surface area contributed by atoms with Gasteiger partial charge in [0.05, 0.1) is 21.7 Å². The number of nitrogens with zero attached hydrogens (tertiary/aromatic N) is 1. The van der Waals surface area contributed by atoms with Gasteiger partial charge in [-0.05, 0) is 31.5 Å². The molecule has 0 bridgehead atoms. The third-order valence-electron chi connectivity index (χ3n) is 3.74. The minimum atomic E-state index is -3.77. The minimum Gasteiger partial charge on any atom is -0.397 e. The van der Waals surface area contributed by atoms with Crippen LogP contribution in [0.3, 0.4) is 0 Å². The zero-order chi connectivity index (χ0) is 15.1. The lowest BCUT2D eigenvalue weighted by Gasteiger charge is -2.23. The van der Waals surface area contributed by atoms with Gasteiger partial charge in [0.15, 0.2) is 0 Å². The summed E-state index contributed by atoms with van der Waals surface area (Å²) < 4.78 is 22.5. The summed E-state index contributed by atoms with van der Waals surface area (Å²) in [5.41, 5.74) is 11.7. The monoisotopic (exact) mass is 298 g/mol.